The van der Waals surface area contributed by atoms with E-state index in [4.69, 9.17) is 11.3 Å². The van der Waals surface area contributed by atoms with Gasteiger partial charge in [-0.05, 0) is 87.3 Å². The van der Waals surface area contributed by atoms with E-state index in [1.165, 1.54) is 0 Å². The van der Waals surface area contributed by atoms with E-state index in [0.717, 1.165) is 106 Å². The molecule has 1 aliphatic carbocycles. The third kappa shape index (κ3) is 7.84. The number of carbonyl (C=O) groups excluding carboxylic acids is 5. The van der Waals surface area contributed by atoms with Crippen LogP contribution >= 0.6 is 0 Å². The van der Waals surface area contributed by atoms with E-state index in [1.807, 2.05) is 24.3 Å². The van der Waals surface area contributed by atoms with Crippen LogP contribution in [0.4, 0.5) is 17.3 Å². The van der Waals surface area contributed by atoms with E-state index < -0.39 is 29.7 Å². The standard InChI is InChI=1S/C44H46N10O6/c1-45-35-10-12-37(33-3-2-16-46-39(33)35)60-31-7-4-29(5-8-31)49-40(56)28-24-47-44(48-25-28)53-17-14-27(15-18-53)26-51-19-21-52(22-20-51)30-6-9-32-34(23-30)43(59)54(42(32)58)36-11-13-38(55)50-41(36)57/h2-3,6,9-10,12,16,23-25,27,29,31,36H,4-5,7-8,11,13-15,17-22,26H2,(H,49,56)(H,50,55,57). The second-order valence-electron chi connectivity index (χ2n) is 16.3. The number of fused-ring (bicyclic) bond motifs is 2. The van der Waals surface area contributed by atoms with Crippen LogP contribution in [0.25, 0.3) is 15.7 Å². The van der Waals surface area contributed by atoms with Gasteiger partial charge in [-0.3, -0.25) is 44.1 Å². The predicted molar refractivity (Wildman–Crippen MR) is 221 cm³/mol. The summed E-state index contributed by atoms with van der Waals surface area (Å²) in [4.78, 5) is 88.7. The van der Waals surface area contributed by atoms with Crippen molar-refractivity contribution in [2.24, 2.45) is 5.92 Å². The summed E-state index contributed by atoms with van der Waals surface area (Å²) in [7, 11) is 0. The minimum absolute atomic E-state index is 0.0199. The highest BCUT2D eigenvalue weighted by atomic mass is 16.5. The van der Waals surface area contributed by atoms with Gasteiger partial charge in [0, 0.05) is 87.9 Å². The van der Waals surface area contributed by atoms with E-state index in [0.29, 0.717) is 34.2 Å². The maximum absolute atomic E-state index is 13.3. The lowest BCUT2D eigenvalue weighted by molar-refractivity contribution is -0.136. The van der Waals surface area contributed by atoms with Gasteiger partial charge in [0.25, 0.3) is 17.7 Å². The van der Waals surface area contributed by atoms with Crippen molar-refractivity contribution in [1.82, 2.24) is 35.4 Å². The highest BCUT2D eigenvalue weighted by Crippen LogP contribution is 2.35. The number of piperazine rings is 1. The smallest absolute Gasteiger partial charge is 0.262 e. The van der Waals surface area contributed by atoms with Crippen molar-refractivity contribution in [3.8, 4) is 5.75 Å². The van der Waals surface area contributed by atoms with Crippen molar-refractivity contribution in [1.29, 1.82) is 0 Å². The summed E-state index contributed by atoms with van der Waals surface area (Å²) in [5.41, 5.74) is 3.06. The Bertz CT molecular complexity index is 2380. The van der Waals surface area contributed by atoms with Crippen LogP contribution in [0.2, 0.25) is 0 Å². The molecule has 16 heteroatoms. The van der Waals surface area contributed by atoms with Gasteiger partial charge in [-0.15, -0.1) is 0 Å². The summed E-state index contributed by atoms with van der Waals surface area (Å²) < 4.78 is 6.36. The molecule has 2 aromatic carbocycles. The summed E-state index contributed by atoms with van der Waals surface area (Å²) in [5, 5.41) is 6.24. The van der Waals surface area contributed by atoms with E-state index in [1.54, 1.807) is 36.8 Å². The zero-order chi connectivity index (χ0) is 41.3. The highest BCUT2D eigenvalue weighted by Gasteiger charge is 2.45. The van der Waals surface area contributed by atoms with E-state index >= 15 is 0 Å². The largest absolute Gasteiger partial charge is 0.490 e. The van der Waals surface area contributed by atoms with Gasteiger partial charge in [0.05, 0.1) is 34.9 Å². The number of amides is 5. The van der Waals surface area contributed by atoms with Crippen LogP contribution in [0.15, 0.2) is 61.1 Å². The van der Waals surface area contributed by atoms with Crippen molar-refractivity contribution >= 4 is 57.8 Å². The van der Waals surface area contributed by atoms with Crippen LogP contribution in [0.3, 0.4) is 0 Å². The first kappa shape index (κ1) is 39.0. The first-order valence-electron chi connectivity index (χ1n) is 20.8. The van der Waals surface area contributed by atoms with Gasteiger partial charge >= 0.3 is 0 Å². The molecule has 1 unspecified atom stereocenters. The van der Waals surface area contributed by atoms with Crippen LogP contribution in [0.5, 0.6) is 5.75 Å². The van der Waals surface area contributed by atoms with Crippen molar-refractivity contribution in [2.45, 2.75) is 69.6 Å². The zero-order valence-electron chi connectivity index (χ0n) is 33.2. The molecule has 4 aromatic rings. The number of nitrogens with zero attached hydrogens (tertiary/aromatic N) is 8. The molecular weight excluding hydrogens is 765 g/mol. The van der Waals surface area contributed by atoms with Crippen molar-refractivity contribution in [3.63, 3.8) is 0 Å². The Morgan fingerprint density at radius 2 is 1.58 bits per heavy atom. The second kappa shape index (κ2) is 16.6. The number of pyridine rings is 1. The summed E-state index contributed by atoms with van der Waals surface area (Å²) in [5.74, 6) is -0.255. The summed E-state index contributed by atoms with van der Waals surface area (Å²) >= 11 is 0. The number of ether oxygens (including phenoxy) is 1. The molecule has 2 aromatic heterocycles. The molecule has 1 atom stereocenters. The molecule has 4 fully saturated rings. The molecule has 1 saturated carbocycles. The molecule has 9 rings (SSSR count). The van der Waals surface area contributed by atoms with Gasteiger partial charge in [0.15, 0.2) is 0 Å². The molecule has 5 aliphatic rings. The quantitative estimate of drug-likeness (QED) is 0.183. The molecule has 4 aliphatic heterocycles. The van der Waals surface area contributed by atoms with Crippen LogP contribution in [-0.4, -0.2) is 118 Å². The lowest BCUT2D eigenvalue weighted by Crippen LogP contribution is -2.54. The Morgan fingerprint density at radius 1 is 0.833 bits per heavy atom. The fourth-order valence-corrected chi connectivity index (χ4v) is 9.22. The van der Waals surface area contributed by atoms with Crippen molar-refractivity contribution in [3.05, 3.63) is 89.2 Å². The third-order valence-electron chi connectivity index (χ3n) is 12.6. The Morgan fingerprint density at radius 3 is 2.32 bits per heavy atom. The second-order valence-corrected chi connectivity index (χ2v) is 16.3. The minimum atomic E-state index is -0.978. The molecule has 3 saturated heterocycles. The molecule has 0 radical (unpaired) electrons. The lowest BCUT2D eigenvalue weighted by atomic mass is 9.92. The SMILES string of the molecule is [C-]#[N+]c1ccc(OC2CCC(NC(=O)c3cnc(N4CCC(CN5CCN(c6ccc7c(c6)C(=O)N(C6CCC(=O)NC6=O)C7=O)CC5)CC4)nc3)CC2)c2cccnc12. The fraction of sp³-hybridized carbons (Fsp3) is 0.432. The summed E-state index contributed by atoms with van der Waals surface area (Å²) in [6.07, 6.45) is 10.4. The monoisotopic (exact) mass is 810 g/mol. The molecule has 6 heterocycles. The Balaban J connectivity index is 0.701. The number of rotatable bonds is 9. The predicted octanol–water partition coefficient (Wildman–Crippen LogP) is 4.14. The fourth-order valence-electron chi connectivity index (χ4n) is 9.22. The van der Waals surface area contributed by atoms with E-state index in [2.05, 4.69) is 45.1 Å². The van der Waals surface area contributed by atoms with E-state index in [9.17, 15) is 24.0 Å². The minimum Gasteiger partial charge on any atom is -0.490 e. The third-order valence-corrected chi connectivity index (χ3v) is 12.6. The Kier molecular flexibility index (Phi) is 10.8. The van der Waals surface area contributed by atoms with Gasteiger partial charge < -0.3 is 19.9 Å². The number of benzene rings is 2. The van der Waals surface area contributed by atoms with Gasteiger partial charge in [-0.25, -0.2) is 14.8 Å². The molecule has 5 amide bonds. The topological polar surface area (TPSA) is 175 Å². The molecule has 2 N–H and O–H groups in total. The van der Waals surface area contributed by atoms with Gasteiger partial charge in [-0.1, -0.05) is 6.07 Å². The maximum Gasteiger partial charge on any atom is 0.262 e. The van der Waals surface area contributed by atoms with Crippen LogP contribution < -0.4 is 25.2 Å². The number of hydrogen-bond donors (Lipinski definition) is 2. The molecule has 0 spiro atoms. The summed E-state index contributed by atoms with van der Waals surface area (Å²) in [6.45, 7) is 13.4. The number of anilines is 2. The number of aromatic nitrogens is 3. The number of hydrogen-bond acceptors (Lipinski definition) is 12. The van der Waals surface area contributed by atoms with Crippen molar-refractivity contribution < 1.29 is 28.7 Å². The number of piperidine rings is 2. The first-order chi connectivity index (χ1) is 29.2. The number of nitrogens with one attached hydrogen (secondary N) is 2. The molecular formula is C44H46N10O6. The van der Waals surface area contributed by atoms with E-state index in [-0.39, 0.29) is 36.5 Å². The van der Waals surface area contributed by atoms with Gasteiger partial charge in [-0.2, -0.15) is 0 Å². The van der Waals surface area contributed by atoms with Crippen LogP contribution in [-0.2, 0) is 9.59 Å². The van der Waals surface area contributed by atoms with Crippen LogP contribution in [0.1, 0.15) is 82.4 Å². The Labute approximate surface area is 347 Å². The van der Waals surface area contributed by atoms with Gasteiger partial charge in [0.1, 0.15) is 11.8 Å². The average Bonchev–Trinajstić information content (AvgIpc) is 3.52. The maximum atomic E-state index is 13.3. The average molecular weight is 811 g/mol. The lowest BCUT2D eigenvalue weighted by Gasteiger charge is -2.39. The molecule has 16 nitrogen and oxygen atoms in total. The van der Waals surface area contributed by atoms with Crippen molar-refractivity contribution in [2.75, 3.05) is 55.6 Å². The zero-order valence-corrected chi connectivity index (χ0v) is 33.2. The summed E-state index contributed by atoms with van der Waals surface area (Å²) in [6, 6.07) is 11.7. The molecule has 60 heavy (non-hydrogen) atoms. The Hall–Kier alpha value is -6.47. The molecule has 308 valence electrons. The number of imide groups is 2. The molecule has 0 bridgehead atoms. The van der Waals surface area contributed by atoms with Gasteiger partial charge in [0.2, 0.25) is 23.5 Å². The van der Waals surface area contributed by atoms with Crippen LogP contribution in [0, 0.1) is 12.5 Å². The normalized spacial score (nSPS) is 22.7. The number of carbonyl (C=O) groups is 5. The highest BCUT2D eigenvalue weighted by molar-refractivity contribution is 6.23. The first-order valence-corrected chi connectivity index (χ1v) is 20.8.